The van der Waals surface area contributed by atoms with Crippen LogP contribution in [0.25, 0.3) is 10.8 Å². The molecular weight excluding hydrogens is 614 g/mol. The summed E-state index contributed by atoms with van der Waals surface area (Å²) in [5.74, 6) is -2.87. The first kappa shape index (κ1) is 30.0. The highest BCUT2D eigenvalue weighted by molar-refractivity contribution is 7.93. The molecule has 216 valence electrons. The Kier molecular flexibility index (Phi) is 8.16. The van der Waals surface area contributed by atoms with E-state index in [-0.39, 0.29) is 20.1 Å². The molecule has 4 aromatic rings. The number of benzene rings is 3. The van der Waals surface area contributed by atoms with Crippen LogP contribution in [-0.2, 0) is 24.8 Å². The summed E-state index contributed by atoms with van der Waals surface area (Å²) in [7, 11) is -9.57. The van der Waals surface area contributed by atoms with Crippen LogP contribution in [0.5, 0.6) is 0 Å². The van der Waals surface area contributed by atoms with Gasteiger partial charge in [-0.15, -0.1) is 0 Å². The normalized spacial score (nSPS) is 12.3. The molecule has 0 aliphatic rings. The third kappa shape index (κ3) is 6.36. The van der Waals surface area contributed by atoms with Crippen molar-refractivity contribution in [1.82, 2.24) is 4.98 Å². The van der Waals surface area contributed by atoms with Crippen LogP contribution in [0, 0.1) is 5.82 Å². The van der Waals surface area contributed by atoms with Gasteiger partial charge in [-0.2, -0.15) is 13.2 Å². The Morgan fingerprint density at radius 1 is 0.829 bits per heavy atom. The van der Waals surface area contributed by atoms with Crippen LogP contribution in [0.2, 0.25) is 5.02 Å². The predicted octanol–water partition coefficient (Wildman–Crippen LogP) is 5.06. The second kappa shape index (κ2) is 11.1. The molecular formula is C25H18ClF4N3O6S2. The van der Waals surface area contributed by atoms with Crippen molar-refractivity contribution in [3.05, 3.63) is 89.8 Å². The summed E-state index contributed by atoms with van der Waals surface area (Å²) < 4.78 is 109. The summed E-state index contributed by atoms with van der Waals surface area (Å²) in [4.78, 5) is 14.6. The Morgan fingerprint density at radius 3 is 1.88 bits per heavy atom. The largest absolute Gasteiger partial charge is 0.480 e. The smallest absolute Gasteiger partial charge is 0.407 e. The van der Waals surface area contributed by atoms with Crippen molar-refractivity contribution < 1.29 is 44.3 Å². The fraction of sp³-hybridized carbons (Fsp3) is 0.120. The molecule has 1 aromatic heterocycles. The quantitative estimate of drug-likeness (QED) is 0.256. The number of hydrogen-bond acceptors (Lipinski definition) is 6. The van der Waals surface area contributed by atoms with E-state index in [1.54, 1.807) is 0 Å². The number of sulfonamides is 2. The zero-order valence-electron chi connectivity index (χ0n) is 20.5. The van der Waals surface area contributed by atoms with E-state index < -0.39 is 72.4 Å². The van der Waals surface area contributed by atoms with Crippen LogP contribution in [0.1, 0.15) is 0 Å². The lowest BCUT2D eigenvalue weighted by Crippen LogP contribution is -2.39. The summed E-state index contributed by atoms with van der Waals surface area (Å²) >= 11 is 5.80. The molecule has 0 aliphatic carbocycles. The summed E-state index contributed by atoms with van der Waals surface area (Å²) in [5.41, 5.74) is -0.550. The zero-order chi connectivity index (χ0) is 30.2. The van der Waals surface area contributed by atoms with Gasteiger partial charge in [-0.05, 0) is 48.5 Å². The number of fused-ring (bicyclic) bond motifs is 1. The number of carboxylic acids is 1. The van der Waals surface area contributed by atoms with E-state index in [0.29, 0.717) is 10.5 Å². The van der Waals surface area contributed by atoms with Gasteiger partial charge in [-0.1, -0.05) is 35.9 Å². The lowest BCUT2D eigenvalue weighted by atomic mass is 10.1. The highest BCUT2D eigenvalue weighted by Gasteiger charge is 2.39. The minimum Gasteiger partial charge on any atom is -0.480 e. The monoisotopic (exact) mass is 631 g/mol. The van der Waals surface area contributed by atoms with Gasteiger partial charge < -0.3 is 5.11 Å². The summed E-state index contributed by atoms with van der Waals surface area (Å²) in [5, 5.41) is 9.27. The maximum Gasteiger partial charge on any atom is 0.407 e. The average molecular weight is 632 g/mol. The molecule has 1 heterocycles. The van der Waals surface area contributed by atoms with Crippen molar-refractivity contribution in [3.8, 4) is 0 Å². The van der Waals surface area contributed by atoms with Crippen molar-refractivity contribution in [1.29, 1.82) is 0 Å². The van der Waals surface area contributed by atoms with Gasteiger partial charge in [0.2, 0.25) is 0 Å². The predicted molar refractivity (Wildman–Crippen MR) is 142 cm³/mol. The van der Waals surface area contributed by atoms with Gasteiger partial charge in [-0.25, -0.2) is 30.5 Å². The van der Waals surface area contributed by atoms with E-state index in [1.165, 1.54) is 36.4 Å². The second-order valence-corrected chi connectivity index (χ2v) is 12.6. The van der Waals surface area contributed by atoms with Crippen LogP contribution in [-0.4, -0.2) is 52.2 Å². The van der Waals surface area contributed by atoms with Gasteiger partial charge in [0, 0.05) is 15.8 Å². The number of aromatic nitrogens is 1. The second-order valence-electron chi connectivity index (χ2n) is 8.45. The molecule has 9 nitrogen and oxygen atoms in total. The Balaban J connectivity index is 1.96. The molecule has 0 saturated carbocycles. The third-order valence-corrected chi connectivity index (χ3v) is 9.44. The van der Waals surface area contributed by atoms with Crippen molar-refractivity contribution in [2.45, 2.75) is 16.0 Å². The highest BCUT2D eigenvalue weighted by Crippen LogP contribution is 2.38. The molecule has 41 heavy (non-hydrogen) atoms. The van der Waals surface area contributed by atoms with Crippen LogP contribution < -0.4 is 8.61 Å². The topological polar surface area (TPSA) is 125 Å². The molecule has 0 fully saturated rings. The molecule has 0 aliphatic heterocycles. The first-order chi connectivity index (χ1) is 19.1. The number of hydrogen-bond donors (Lipinski definition) is 1. The van der Waals surface area contributed by atoms with Gasteiger partial charge >= 0.3 is 12.1 Å². The lowest BCUT2D eigenvalue weighted by molar-refractivity contribution is -0.135. The van der Waals surface area contributed by atoms with E-state index in [1.807, 2.05) is 0 Å². The van der Waals surface area contributed by atoms with Gasteiger partial charge in [0.15, 0.2) is 5.82 Å². The molecule has 0 saturated heterocycles. The summed E-state index contributed by atoms with van der Waals surface area (Å²) in [6.07, 6.45) is -4.30. The molecule has 0 spiro atoms. The van der Waals surface area contributed by atoms with Crippen molar-refractivity contribution in [2.24, 2.45) is 0 Å². The third-order valence-electron chi connectivity index (χ3n) is 5.66. The molecule has 4 rings (SSSR count). The maximum atomic E-state index is 13.7. The maximum absolute atomic E-state index is 13.7. The Morgan fingerprint density at radius 2 is 1.34 bits per heavy atom. The van der Waals surface area contributed by atoms with Crippen molar-refractivity contribution >= 4 is 59.9 Å². The van der Waals surface area contributed by atoms with Crippen molar-refractivity contribution in [3.63, 3.8) is 0 Å². The Labute approximate surface area is 236 Å². The van der Waals surface area contributed by atoms with Crippen LogP contribution in [0.15, 0.2) is 88.8 Å². The minimum absolute atomic E-state index is 0.0748. The standard InChI is InChI=1S/C25H18ClF4N3O6S2/c26-16-5-9-18(10-6-16)41(38,39)33(15-25(28,29)30)22-13-31-24(21-4-2-1-3-20(21)22)32(14-23(34)35)40(36,37)19-11-7-17(27)8-12-19/h1-13H,14-15H2,(H,34,35). The van der Waals surface area contributed by atoms with E-state index in [2.05, 4.69) is 4.98 Å². The SMILES string of the molecule is O=C(O)CN(c1ncc(N(CC(F)(F)F)S(=O)(=O)c2ccc(Cl)cc2)c2ccccc12)S(=O)(=O)c1ccc(F)cc1. The van der Waals surface area contributed by atoms with E-state index in [4.69, 9.17) is 11.6 Å². The molecule has 0 amide bonds. The molecule has 3 aromatic carbocycles. The average Bonchev–Trinajstić information content (AvgIpc) is 2.90. The fourth-order valence-corrected chi connectivity index (χ4v) is 6.86. The zero-order valence-corrected chi connectivity index (χ0v) is 22.8. The van der Waals surface area contributed by atoms with Crippen LogP contribution >= 0.6 is 11.6 Å². The number of rotatable bonds is 9. The van der Waals surface area contributed by atoms with Crippen molar-refractivity contribution in [2.75, 3.05) is 21.7 Å². The lowest BCUT2D eigenvalue weighted by Gasteiger charge is -2.28. The molecule has 0 bridgehead atoms. The number of carboxylic acid groups (broad SMARTS) is 1. The van der Waals surface area contributed by atoms with E-state index in [9.17, 15) is 44.3 Å². The molecule has 0 atom stereocenters. The number of carbonyl (C=O) groups is 1. The number of pyridine rings is 1. The summed E-state index contributed by atoms with van der Waals surface area (Å²) in [6.45, 7) is -3.12. The minimum atomic E-state index is -5.01. The number of anilines is 2. The number of aliphatic carboxylic acids is 1. The fourth-order valence-electron chi connectivity index (χ4n) is 3.89. The first-order valence-electron chi connectivity index (χ1n) is 11.3. The van der Waals surface area contributed by atoms with Gasteiger partial charge in [0.05, 0.1) is 21.7 Å². The number of halogens is 5. The molecule has 0 radical (unpaired) electrons. The van der Waals surface area contributed by atoms with Crippen LogP contribution in [0.4, 0.5) is 29.1 Å². The number of alkyl halides is 3. The van der Waals surface area contributed by atoms with E-state index in [0.717, 1.165) is 36.4 Å². The van der Waals surface area contributed by atoms with Gasteiger partial charge in [0.25, 0.3) is 20.0 Å². The highest BCUT2D eigenvalue weighted by atomic mass is 35.5. The van der Waals surface area contributed by atoms with Crippen LogP contribution in [0.3, 0.4) is 0 Å². The Bertz CT molecular complexity index is 1820. The van der Waals surface area contributed by atoms with Gasteiger partial charge in [0.1, 0.15) is 18.9 Å². The molecule has 0 unspecified atom stereocenters. The first-order valence-corrected chi connectivity index (χ1v) is 14.6. The number of nitrogens with zero attached hydrogens (tertiary/aromatic N) is 3. The molecule has 1 N–H and O–H groups in total. The molecule has 16 heteroatoms. The Hall–Kier alpha value is -3.95. The van der Waals surface area contributed by atoms with Gasteiger partial charge in [-0.3, -0.25) is 9.10 Å². The van der Waals surface area contributed by atoms with E-state index >= 15 is 0 Å². The summed E-state index contributed by atoms with van der Waals surface area (Å²) in [6, 6.07) is 13.1.